The van der Waals surface area contributed by atoms with Gasteiger partial charge in [0.2, 0.25) is 11.7 Å². The number of carbonyl (C=O) groups excluding carboxylic acids is 1. The number of aromatic nitrogens is 3. The molecule has 4 aromatic rings. The van der Waals surface area contributed by atoms with Gasteiger partial charge in [0.05, 0.1) is 14.2 Å². The Bertz CT molecular complexity index is 1330. The second-order valence-corrected chi connectivity index (χ2v) is 7.42. The number of carbonyl (C=O) groups is 1. The molecule has 0 aliphatic carbocycles. The van der Waals surface area contributed by atoms with E-state index in [0.717, 1.165) is 0 Å². The van der Waals surface area contributed by atoms with Gasteiger partial charge in [0.25, 0.3) is 5.89 Å². The normalized spacial score (nSPS) is 12.3. The molecule has 2 aromatic heterocycles. The maximum Gasteiger partial charge on any atom is 0.274 e. The van der Waals surface area contributed by atoms with Crippen molar-refractivity contribution in [2.24, 2.45) is 0 Å². The van der Waals surface area contributed by atoms with Crippen molar-refractivity contribution in [1.29, 1.82) is 0 Å². The summed E-state index contributed by atoms with van der Waals surface area (Å²) in [6.45, 7) is 1.05. The molecule has 1 aliphatic rings. The highest BCUT2D eigenvalue weighted by molar-refractivity contribution is 5.91. The highest BCUT2D eigenvalue weighted by atomic mass is 16.6. The lowest BCUT2D eigenvalue weighted by Crippen LogP contribution is -2.19. The van der Waals surface area contributed by atoms with E-state index in [1.165, 1.54) is 0 Å². The van der Waals surface area contributed by atoms with Crippen molar-refractivity contribution in [3.63, 3.8) is 0 Å². The Morgan fingerprint density at radius 2 is 1.85 bits per heavy atom. The number of benzene rings is 2. The molecule has 10 heteroatoms. The summed E-state index contributed by atoms with van der Waals surface area (Å²) in [6.07, 6.45) is 1.78. The number of fused-ring (bicyclic) bond motifs is 1. The van der Waals surface area contributed by atoms with Crippen molar-refractivity contribution in [1.82, 2.24) is 14.7 Å². The molecule has 0 fully saturated rings. The Hall–Kier alpha value is -4.47. The van der Waals surface area contributed by atoms with E-state index < -0.39 is 0 Å². The first kappa shape index (κ1) is 21.4. The van der Waals surface area contributed by atoms with Gasteiger partial charge in [-0.3, -0.25) is 4.79 Å². The first-order valence-corrected chi connectivity index (χ1v) is 10.6. The summed E-state index contributed by atoms with van der Waals surface area (Å²) in [5.74, 6) is 2.91. The minimum absolute atomic E-state index is 0.0604. The number of hydrogen-bond acceptors (Lipinski definition) is 8. The third-order valence-corrected chi connectivity index (χ3v) is 5.26. The van der Waals surface area contributed by atoms with E-state index in [0.29, 0.717) is 64.9 Å². The average Bonchev–Trinajstić information content (AvgIpc) is 3.53. The summed E-state index contributed by atoms with van der Waals surface area (Å²) in [5, 5.41) is 6.96. The fraction of sp³-hybridized carbons (Fsp3) is 0.208. The van der Waals surface area contributed by atoms with Crippen molar-refractivity contribution >= 4 is 11.6 Å². The van der Waals surface area contributed by atoms with Gasteiger partial charge in [-0.1, -0.05) is 5.16 Å². The zero-order chi connectivity index (χ0) is 23.5. The Kier molecular flexibility index (Phi) is 5.77. The number of anilines is 1. The molecule has 1 amide bonds. The third-order valence-electron chi connectivity index (χ3n) is 5.26. The molecule has 0 radical (unpaired) electrons. The quantitative estimate of drug-likeness (QED) is 0.443. The van der Waals surface area contributed by atoms with Crippen molar-refractivity contribution in [2.45, 2.75) is 6.54 Å². The summed E-state index contributed by atoms with van der Waals surface area (Å²) in [6, 6.07) is 14.3. The topological polar surface area (TPSA) is 110 Å². The Morgan fingerprint density at radius 3 is 2.68 bits per heavy atom. The summed E-state index contributed by atoms with van der Waals surface area (Å²) >= 11 is 0. The van der Waals surface area contributed by atoms with E-state index in [9.17, 15) is 4.79 Å². The summed E-state index contributed by atoms with van der Waals surface area (Å²) in [5.41, 5.74) is 1.95. The molecule has 0 unspecified atom stereocenters. The van der Waals surface area contributed by atoms with Gasteiger partial charge < -0.3 is 33.4 Å². The van der Waals surface area contributed by atoms with Gasteiger partial charge in [-0.2, -0.15) is 4.98 Å². The van der Waals surface area contributed by atoms with Gasteiger partial charge in [-0.05, 0) is 42.5 Å². The lowest BCUT2D eigenvalue weighted by molar-refractivity contribution is -0.116. The lowest BCUT2D eigenvalue weighted by atomic mass is 10.2. The number of methoxy groups -OCH3 is 2. The van der Waals surface area contributed by atoms with Crippen LogP contribution >= 0.6 is 0 Å². The Morgan fingerprint density at radius 1 is 1.03 bits per heavy atom. The van der Waals surface area contributed by atoms with Crippen LogP contribution in [0.3, 0.4) is 0 Å². The van der Waals surface area contributed by atoms with E-state index >= 15 is 0 Å². The lowest BCUT2D eigenvalue weighted by Gasteiger charge is -2.19. The molecular weight excluding hydrogens is 440 g/mol. The van der Waals surface area contributed by atoms with E-state index in [1.54, 1.807) is 55.3 Å². The van der Waals surface area contributed by atoms with Crippen LogP contribution in [-0.2, 0) is 11.3 Å². The molecule has 0 saturated heterocycles. The molecule has 3 heterocycles. The number of hydrogen-bond donors (Lipinski definition) is 1. The zero-order valence-corrected chi connectivity index (χ0v) is 18.6. The predicted molar refractivity (Wildman–Crippen MR) is 122 cm³/mol. The number of rotatable bonds is 7. The van der Waals surface area contributed by atoms with Gasteiger partial charge in [0.15, 0.2) is 23.0 Å². The Balaban J connectivity index is 1.31. The molecule has 0 spiro atoms. The van der Waals surface area contributed by atoms with Crippen molar-refractivity contribution in [3.05, 3.63) is 54.7 Å². The second kappa shape index (κ2) is 9.18. The van der Waals surface area contributed by atoms with Gasteiger partial charge in [-0.15, -0.1) is 0 Å². The fourth-order valence-corrected chi connectivity index (χ4v) is 3.64. The number of ether oxygens (including phenoxy) is 4. The van der Waals surface area contributed by atoms with Crippen LogP contribution in [0.15, 0.2) is 59.3 Å². The second-order valence-electron chi connectivity index (χ2n) is 7.42. The van der Waals surface area contributed by atoms with Crippen molar-refractivity contribution < 1.29 is 28.3 Å². The molecule has 0 atom stereocenters. The molecule has 10 nitrogen and oxygen atoms in total. The number of amides is 1. The van der Waals surface area contributed by atoms with E-state index in [-0.39, 0.29) is 12.5 Å². The van der Waals surface area contributed by atoms with Crippen LogP contribution in [0.5, 0.6) is 23.0 Å². The van der Waals surface area contributed by atoms with Gasteiger partial charge in [0.1, 0.15) is 25.5 Å². The molecule has 0 saturated carbocycles. The monoisotopic (exact) mass is 462 g/mol. The summed E-state index contributed by atoms with van der Waals surface area (Å²) in [7, 11) is 3.13. The largest absolute Gasteiger partial charge is 0.493 e. The predicted octanol–water partition coefficient (Wildman–Crippen LogP) is 3.63. The molecule has 0 bridgehead atoms. The molecule has 5 rings (SSSR count). The number of nitrogens with one attached hydrogen (secondary N) is 1. The maximum atomic E-state index is 12.7. The van der Waals surface area contributed by atoms with Crippen LogP contribution in [-0.4, -0.2) is 48.0 Å². The van der Waals surface area contributed by atoms with Gasteiger partial charge in [0, 0.05) is 23.5 Å². The van der Waals surface area contributed by atoms with Crippen molar-refractivity contribution in [2.75, 3.05) is 32.8 Å². The molecule has 1 aliphatic heterocycles. The van der Waals surface area contributed by atoms with Crippen LogP contribution in [0.25, 0.3) is 23.0 Å². The van der Waals surface area contributed by atoms with Gasteiger partial charge in [-0.25, -0.2) is 0 Å². The van der Waals surface area contributed by atoms with Gasteiger partial charge >= 0.3 is 0 Å². The van der Waals surface area contributed by atoms with Crippen molar-refractivity contribution in [3.8, 4) is 46.0 Å². The van der Waals surface area contributed by atoms with E-state index in [2.05, 4.69) is 15.5 Å². The van der Waals surface area contributed by atoms with Crippen LogP contribution < -0.4 is 24.3 Å². The minimum atomic E-state index is -0.214. The first-order valence-electron chi connectivity index (χ1n) is 10.6. The van der Waals surface area contributed by atoms with Crippen LogP contribution in [0.2, 0.25) is 0 Å². The Labute approximate surface area is 195 Å². The minimum Gasteiger partial charge on any atom is -0.493 e. The van der Waals surface area contributed by atoms with Crippen LogP contribution in [0, 0.1) is 0 Å². The SMILES string of the molecule is COc1ccc(-c2noc(-c3cccn3CC(=O)Nc3ccc4c(c3)OCCO4)n2)cc1OC. The molecule has 2 aromatic carbocycles. The first-order chi connectivity index (χ1) is 16.6. The molecule has 34 heavy (non-hydrogen) atoms. The summed E-state index contributed by atoms with van der Waals surface area (Å²) in [4.78, 5) is 17.2. The third kappa shape index (κ3) is 4.25. The molecular formula is C24H22N4O6. The standard InChI is InChI=1S/C24H22N4O6/c1-30-18-7-5-15(12-20(18)31-2)23-26-24(34-27-23)17-4-3-9-28(17)14-22(29)25-16-6-8-19-21(13-16)33-11-10-32-19/h3-9,12-13H,10-11,14H2,1-2H3,(H,25,29). The maximum absolute atomic E-state index is 12.7. The molecule has 174 valence electrons. The number of nitrogens with zero attached hydrogens (tertiary/aromatic N) is 3. The smallest absolute Gasteiger partial charge is 0.274 e. The van der Waals surface area contributed by atoms with E-state index in [1.807, 2.05) is 18.2 Å². The van der Waals surface area contributed by atoms with E-state index in [4.69, 9.17) is 23.5 Å². The molecule has 1 N–H and O–H groups in total. The highest BCUT2D eigenvalue weighted by Gasteiger charge is 2.18. The summed E-state index contributed by atoms with van der Waals surface area (Å²) < 4.78 is 28.9. The van der Waals surface area contributed by atoms with Crippen LogP contribution in [0.4, 0.5) is 5.69 Å². The zero-order valence-electron chi connectivity index (χ0n) is 18.6. The fourth-order valence-electron chi connectivity index (χ4n) is 3.64. The average molecular weight is 462 g/mol. The highest BCUT2D eigenvalue weighted by Crippen LogP contribution is 2.33. The van der Waals surface area contributed by atoms with Crippen LogP contribution in [0.1, 0.15) is 0 Å².